The van der Waals surface area contributed by atoms with Crippen molar-refractivity contribution in [3.63, 3.8) is 0 Å². The summed E-state index contributed by atoms with van der Waals surface area (Å²) in [7, 11) is 0. The lowest BCUT2D eigenvalue weighted by Gasteiger charge is -2.23. The van der Waals surface area contributed by atoms with Gasteiger partial charge in [-0.05, 0) is 6.07 Å². The van der Waals surface area contributed by atoms with Gasteiger partial charge in [0.25, 0.3) is 0 Å². The van der Waals surface area contributed by atoms with Crippen LogP contribution in [0.15, 0.2) is 23.1 Å². The Bertz CT molecular complexity index is 301. The molecule has 0 saturated heterocycles. The number of fused-ring (bicyclic) bond motifs is 1. The Balaban J connectivity index is 2.52. The van der Waals surface area contributed by atoms with E-state index in [1.165, 1.54) is 0 Å². The summed E-state index contributed by atoms with van der Waals surface area (Å²) in [6.07, 6.45) is 0.893. The average molecular weight is 181 g/mol. The van der Waals surface area contributed by atoms with Crippen molar-refractivity contribution in [3.8, 4) is 5.75 Å². The number of rotatable bonds is 0. The molecule has 0 bridgehead atoms. The Kier molecular flexibility index (Phi) is 1.98. The molecule has 1 aliphatic heterocycles. The molecule has 1 aromatic carbocycles. The molecular formula is C9H11NOS. The summed E-state index contributed by atoms with van der Waals surface area (Å²) < 4.78 is 5.47. The Morgan fingerprint density at radius 3 is 3.08 bits per heavy atom. The third kappa shape index (κ3) is 1.19. The fourth-order valence-electron chi connectivity index (χ4n) is 1.43. The van der Waals surface area contributed by atoms with E-state index < -0.39 is 0 Å². The van der Waals surface area contributed by atoms with Gasteiger partial charge in [-0.1, -0.05) is 12.1 Å². The molecule has 2 rings (SSSR count). The van der Waals surface area contributed by atoms with E-state index in [1.54, 1.807) is 0 Å². The second-order valence-electron chi connectivity index (χ2n) is 2.94. The Morgan fingerprint density at radius 1 is 1.50 bits per heavy atom. The van der Waals surface area contributed by atoms with Gasteiger partial charge in [0.1, 0.15) is 5.75 Å². The molecule has 12 heavy (non-hydrogen) atoms. The zero-order valence-corrected chi connectivity index (χ0v) is 7.55. The highest BCUT2D eigenvalue weighted by molar-refractivity contribution is 7.80. The van der Waals surface area contributed by atoms with E-state index in [1.807, 2.05) is 18.2 Å². The van der Waals surface area contributed by atoms with Gasteiger partial charge >= 0.3 is 0 Å². The van der Waals surface area contributed by atoms with Crippen LogP contribution in [0, 0.1) is 0 Å². The van der Waals surface area contributed by atoms with E-state index in [2.05, 4.69) is 12.6 Å². The average Bonchev–Trinajstić information content (AvgIpc) is 2.07. The lowest BCUT2D eigenvalue weighted by atomic mass is 10.0. The van der Waals surface area contributed by atoms with Gasteiger partial charge in [0.15, 0.2) is 0 Å². The molecule has 0 spiro atoms. The highest BCUT2D eigenvalue weighted by Crippen LogP contribution is 2.35. The van der Waals surface area contributed by atoms with Gasteiger partial charge in [0.2, 0.25) is 0 Å². The number of hydrogen-bond acceptors (Lipinski definition) is 3. The summed E-state index contributed by atoms with van der Waals surface area (Å²) in [5, 5.41) is 0. The first kappa shape index (κ1) is 7.95. The van der Waals surface area contributed by atoms with Gasteiger partial charge in [0.05, 0.1) is 6.61 Å². The first-order valence-corrected chi connectivity index (χ1v) is 4.44. The van der Waals surface area contributed by atoms with Crippen LogP contribution in [0.5, 0.6) is 5.75 Å². The maximum Gasteiger partial charge on any atom is 0.137 e. The minimum absolute atomic E-state index is 0.112. The molecule has 0 fully saturated rings. The third-order valence-corrected chi connectivity index (χ3v) is 2.45. The molecule has 0 aromatic heterocycles. The molecule has 2 N–H and O–H groups in total. The zero-order valence-electron chi connectivity index (χ0n) is 6.66. The molecule has 64 valence electrons. The van der Waals surface area contributed by atoms with Crippen molar-refractivity contribution in [2.75, 3.05) is 6.61 Å². The SMILES string of the molecule is N[C@@H]1CCOc2c(S)cccc21. The van der Waals surface area contributed by atoms with Crippen LogP contribution in [0.2, 0.25) is 0 Å². The van der Waals surface area contributed by atoms with Crippen molar-refractivity contribution in [2.45, 2.75) is 17.4 Å². The summed E-state index contributed by atoms with van der Waals surface area (Å²) >= 11 is 4.30. The van der Waals surface area contributed by atoms with Crippen molar-refractivity contribution < 1.29 is 4.74 Å². The number of ether oxygens (including phenoxy) is 1. The first-order valence-electron chi connectivity index (χ1n) is 3.99. The fourth-order valence-corrected chi connectivity index (χ4v) is 1.71. The molecule has 1 atom stereocenters. The van der Waals surface area contributed by atoms with Gasteiger partial charge in [-0.2, -0.15) is 0 Å². The molecule has 0 radical (unpaired) electrons. The molecule has 3 heteroatoms. The lowest BCUT2D eigenvalue weighted by Crippen LogP contribution is -2.20. The second-order valence-corrected chi connectivity index (χ2v) is 3.42. The van der Waals surface area contributed by atoms with E-state index in [9.17, 15) is 0 Å². The summed E-state index contributed by atoms with van der Waals surface area (Å²) in [6, 6.07) is 5.98. The van der Waals surface area contributed by atoms with Crippen LogP contribution in [0.1, 0.15) is 18.0 Å². The van der Waals surface area contributed by atoms with Crippen molar-refractivity contribution in [1.29, 1.82) is 0 Å². The number of nitrogens with two attached hydrogens (primary N) is 1. The normalized spacial score (nSPS) is 21.3. The molecule has 2 nitrogen and oxygen atoms in total. The smallest absolute Gasteiger partial charge is 0.137 e. The summed E-state index contributed by atoms with van der Waals surface area (Å²) in [5.41, 5.74) is 6.98. The van der Waals surface area contributed by atoms with E-state index >= 15 is 0 Å². The van der Waals surface area contributed by atoms with E-state index in [4.69, 9.17) is 10.5 Å². The summed E-state index contributed by atoms with van der Waals surface area (Å²) in [6.45, 7) is 0.700. The van der Waals surface area contributed by atoms with Crippen LogP contribution in [-0.2, 0) is 0 Å². The van der Waals surface area contributed by atoms with E-state index in [0.717, 1.165) is 22.6 Å². The van der Waals surface area contributed by atoms with Crippen molar-refractivity contribution in [3.05, 3.63) is 23.8 Å². The largest absolute Gasteiger partial charge is 0.492 e. The third-order valence-electron chi connectivity index (χ3n) is 2.10. The maximum absolute atomic E-state index is 5.90. The van der Waals surface area contributed by atoms with Crippen LogP contribution in [0.3, 0.4) is 0 Å². The van der Waals surface area contributed by atoms with Crippen LogP contribution in [-0.4, -0.2) is 6.61 Å². The zero-order chi connectivity index (χ0) is 8.55. The molecule has 1 aromatic rings. The molecule has 0 aliphatic carbocycles. The molecule has 0 unspecified atom stereocenters. The fraction of sp³-hybridized carbons (Fsp3) is 0.333. The Morgan fingerprint density at radius 2 is 2.33 bits per heavy atom. The Labute approximate surface area is 77.1 Å². The minimum Gasteiger partial charge on any atom is -0.492 e. The van der Waals surface area contributed by atoms with Gasteiger partial charge in [-0.3, -0.25) is 0 Å². The van der Waals surface area contributed by atoms with Gasteiger partial charge in [-0.25, -0.2) is 0 Å². The number of benzene rings is 1. The van der Waals surface area contributed by atoms with E-state index in [-0.39, 0.29) is 6.04 Å². The number of thiol groups is 1. The first-order chi connectivity index (χ1) is 5.79. The van der Waals surface area contributed by atoms with Gasteiger partial charge in [-0.15, -0.1) is 12.6 Å². The van der Waals surface area contributed by atoms with Crippen LogP contribution >= 0.6 is 12.6 Å². The highest BCUT2D eigenvalue weighted by atomic mass is 32.1. The standard InChI is InChI=1S/C9H11NOS/c10-7-4-5-11-9-6(7)2-1-3-8(9)12/h1-3,7,12H,4-5,10H2/t7-/m1/s1. The maximum atomic E-state index is 5.90. The predicted molar refractivity (Wildman–Crippen MR) is 50.7 cm³/mol. The van der Waals surface area contributed by atoms with Gasteiger partial charge in [0, 0.05) is 22.9 Å². The highest BCUT2D eigenvalue weighted by Gasteiger charge is 2.18. The molecular weight excluding hydrogens is 170 g/mol. The van der Waals surface area contributed by atoms with Crippen LogP contribution < -0.4 is 10.5 Å². The topological polar surface area (TPSA) is 35.2 Å². The summed E-state index contributed by atoms with van der Waals surface area (Å²) in [5.74, 6) is 0.861. The van der Waals surface area contributed by atoms with Crippen molar-refractivity contribution >= 4 is 12.6 Å². The number of hydrogen-bond donors (Lipinski definition) is 2. The van der Waals surface area contributed by atoms with E-state index in [0.29, 0.717) is 6.61 Å². The minimum atomic E-state index is 0.112. The lowest BCUT2D eigenvalue weighted by molar-refractivity contribution is 0.262. The molecule has 1 aliphatic rings. The number of para-hydroxylation sites is 1. The predicted octanol–water partition coefficient (Wildman–Crippen LogP) is 1.76. The van der Waals surface area contributed by atoms with Gasteiger partial charge < -0.3 is 10.5 Å². The van der Waals surface area contributed by atoms with Crippen LogP contribution in [0.4, 0.5) is 0 Å². The van der Waals surface area contributed by atoms with Crippen LogP contribution in [0.25, 0.3) is 0 Å². The van der Waals surface area contributed by atoms with Crippen molar-refractivity contribution in [1.82, 2.24) is 0 Å². The Hall–Kier alpha value is -0.670. The monoisotopic (exact) mass is 181 g/mol. The molecule has 0 saturated carbocycles. The molecule has 1 heterocycles. The second kappa shape index (κ2) is 2.99. The van der Waals surface area contributed by atoms with Crippen molar-refractivity contribution in [2.24, 2.45) is 5.73 Å². The summed E-state index contributed by atoms with van der Waals surface area (Å²) in [4.78, 5) is 0.877. The quantitative estimate of drug-likeness (QED) is 0.598. The molecule has 0 amide bonds.